The summed E-state index contributed by atoms with van der Waals surface area (Å²) in [6.07, 6.45) is 3.78. The number of nitrogens with zero attached hydrogens (tertiary/aromatic N) is 1. The second kappa shape index (κ2) is 5.23. The van der Waals surface area contributed by atoms with Gasteiger partial charge in [0.25, 0.3) is 0 Å². The monoisotopic (exact) mass is 245 g/mol. The number of hydrogen-bond acceptors (Lipinski definition) is 2. The maximum absolute atomic E-state index is 11.5. The van der Waals surface area contributed by atoms with E-state index >= 15 is 0 Å². The van der Waals surface area contributed by atoms with Crippen molar-refractivity contribution in [2.45, 2.75) is 38.1 Å². The minimum atomic E-state index is -0.404. The van der Waals surface area contributed by atoms with Gasteiger partial charge in [0.15, 0.2) is 0 Å². The summed E-state index contributed by atoms with van der Waals surface area (Å²) >= 11 is 0. The fourth-order valence-electron chi connectivity index (χ4n) is 2.62. The van der Waals surface area contributed by atoms with Crippen molar-refractivity contribution in [2.24, 2.45) is 5.92 Å². The Morgan fingerprint density at radius 3 is 2.50 bits per heavy atom. The van der Waals surface area contributed by atoms with Crippen LogP contribution < -0.4 is 0 Å². The molecule has 0 aliphatic heterocycles. The first-order valence-corrected chi connectivity index (χ1v) is 6.79. The van der Waals surface area contributed by atoms with E-state index in [4.69, 9.17) is 0 Å². The van der Waals surface area contributed by atoms with Crippen molar-refractivity contribution < 1.29 is 4.79 Å². The normalized spacial score (nSPS) is 20.4. The summed E-state index contributed by atoms with van der Waals surface area (Å²) in [4.78, 5) is 13.9. The highest BCUT2D eigenvalue weighted by Crippen LogP contribution is 2.35. The third-order valence-corrected chi connectivity index (χ3v) is 4.27. The Hall–Kier alpha value is -1.15. The molecule has 1 aromatic rings. The quantitative estimate of drug-likeness (QED) is 0.718. The molecule has 1 fully saturated rings. The minimum absolute atomic E-state index is 0.404. The Bertz CT molecular complexity index is 399. The van der Waals surface area contributed by atoms with E-state index in [1.54, 1.807) is 0 Å². The summed E-state index contributed by atoms with van der Waals surface area (Å²) < 4.78 is 0. The van der Waals surface area contributed by atoms with Crippen molar-refractivity contribution in [3.8, 4) is 0 Å². The molecular formula is C16H23NO. The van der Waals surface area contributed by atoms with Gasteiger partial charge in [0.05, 0.1) is 5.41 Å². The first-order valence-electron chi connectivity index (χ1n) is 6.79. The average Bonchev–Trinajstić information content (AvgIpc) is 3.23. The molecule has 1 aliphatic rings. The SMILES string of the molecule is CC(C1CC1)N(C)CC(C)(C=O)c1ccccc1. The third kappa shape index (κ3) is 2.81. The molecule has 1 saturated carbocycles. The topological polar surface area (TPSA) is 20.3 Å². The Kier molecular flexibility index (Phi) is 3.86. The molecular weight excluding hydrogens is 222 g/mol. The molecule has 1 aromatic carbocycles. The van der Waals surface area contributed by atoms with Gasteiger partial charge in [0, 0.05) is 12.6 Å². The van der Waals surface area contributed by atoms with Crippen LogP contribution in [0.3, 0.4) is 0 Å². The molecule has 0 bridgehead atoms. The molecule has 2 atom stereocenters. The van der Waals surface area contributed by atoms with Gasteiger partial charge in [0.2, 0.25) is 0 Å². The molecule has 0 aromatic heterocycles. The van der Waals surface area contributed by atoms with Gasteiger partial charge in [-0.1, -0.05) is 30.3 Å². The second-order valence-electron chi connectivity index (χ2n) is 5.89. The fraction of sp³-hybridized carbons (Fsp3) is 0.562. The summed E-state index contributed by atoms with van der Waals surface area (Å²) in [6, 6.07) is 10.7. The number of carbonyl (C=O) groups is 1. The van der Waals surface area contributed by atoms with Crippen LogP contribution in [0, 0.1) is 5.92 Å². The van der Waals surface area contributed by atoms with Crippen LogP contribution in [-0.2, 0) is 10.2 Å². The van der Waals surface area contributed by atoms with Crippen molar-refractivity contribution in [1.29, 1.82) is 0 Å². The lowest BCUT2D eigenvalue weighted by molar-refractivity contribution is -0.112. The van der Waals surface area contributed by atoms with Gasteiger partial charge in [-0.15, -0.1) is 0 Å². The second-order valence-corrected chi connectivity index (χ2v) is 5.89. The van der Waals surface area contributed by atoms with Gasteiger partial charge < -0.3 is 9.69 Å². The largest absolute Gasteiger partial charge is 0.302 e. The van der Waals surface area contributed by atoms with Crippen molar-refractivity contribution in [3.05, 3.63) is 35.9 Å². The van der Waals surface area contributed by atoms with Crippen LogP contribution in [0.25, 0.3) is 0 Å². The Labute approximate surface area is 110 Å². The summed E-state index contributed by atoms with van der Waals surface area (Å²) in [7, 11) is 2.13. The van der Waals surface area contributed by atoms with Gasteiger partial charge in [-0.2, -0.15) is 0 Å². The van der Waals surface area contributed by atoms with Crippen molar-refractivity contribution >= 4 is 6.29 Å². The zero-order chi connectivity index (χ0) is 13.2. The fourth-order valence-corrected chi connectivity index (χ4v) is 2.62. The molecule has 2 rings (SSSR count). The van der Waals surface area contributed by atoms with E-state index in [2.05, 4.69) is 18.9 Å². The predicted molar refractivity (Wildman–Crippen MR) is 74.7 cm³/mol. The number of aldehydes is 1. The van der Waals surface area contributed by atoms with Crippen LogP contribution in [0.2, 0.25) is 0 Å². The lowest BCUT2D eigenvalue weighted by atomic mass is 9.83. The molecule has 2 unspecified atom stereocenters. The first-order chi connectivity index (χ1) is 8.57. The van der Waals surface area contributed by atoms with E-state index < -0.39 is 5.41 Å². The van der Waals surface area contributed by atoms with Crippen molar-refractivity contribution in [1.82, 2.24) is 4.90 Å². The van der Waals surface area contributed by atoms with Crippen molar-refractivity contribution in [2.75, 3.05) is 13.6 Å². The number of carbonyl (C=O) groups excluding carboxylic acids is 1. The van der Waals surface area contributed by atoms with Gasteiger partial charge in [0.1, 0.15) is 6.29 Å². The molecule has 0 amide bonds. The van der Waals surface area contributed by atoms with Crippen LogP contribution in [0.1, 0.15) is 32.3 Å². The Morgan fingerprint density at radius 1 is 1.39 bits per heavy atom. The molecule has 1 aliphatic carbocycles. The van der Waals surface area contributed by atoms with E-state index in [1.807, 2.05) is 37.3 Å². The maximum atomic E-state index is 11.5. The van der Waals surface area contributed by atoms with Gasteiger partial charge in [-0.3, -0.25) is 0 Å². The van der Waals surface area contributed by atoms with Gasteiger partial charge in [-0.05, 0) is 45.2 Å². The zero-order valence-electron chi connectivity index (χ0n) is 11.6. The summed E-state index contributed by atoms with van der Waals surface area (Å²) in [6.45, 7) is 5.09. The van der Waals surface area contributed by atoms with E-state index in [-0.39, 0.29) is 0 Å². The lowest BCUT2D eigenvalue weighted by Gasteiger charge is -2.33. The smallest absolute Gasteiger partial charge is 0.131 e. The zero-order valence-corrected chi connectivity index (χ0v) is 11.6. The number of benzene rings is 1. The molecule has 98 valence electrons. The van der Waals surface area contributed by atoms with E-state index in [0.29, 0.717) is 6.04 Å². The Morgan fingerprint density at radius 2 is 2.00 bits per heavy atom. The number of hydrogen-bond donors (Lipinski definition) is 0. The van der Waals surface area contributed by atoms with E-state index in [9.17, 15) is 4.79 Å². The molecule has 0 radical (unpaired) electrons. The summed E-state index contributed by atoms with van der Waals surface area (Å²) in [5.41, 5.74) is 0.703. The highest BCUT2D eigenvalue weighted by molar-refractivity contribution is 5.68. The van der Waals surface area contributed by atoms with Crippen LogP contribution in [0.5, 0.6) is 0 Å². The number of rotatable bonds is 6. The molecule has 0 spiro atoms. The van der Waals surface area contributed by atoms with Crippen LogP contribution in [0.15, 0.2) is 30.3 Å². The molecule has 0 saturated heterocycles. The molecule has 18 heavy (non-hydrogen) atoms. The van der Waals surface area contributed by atoms with Crippen LogP contribution in [-0.4, -0.2) is 30.8 Å². The summed E-state index contributed by atoms with van der Waals surface area (Å²) in [5, 5.41) is 0. The van der Waals surface area contributed by atoms with E-state index in [0.717, 1.165) is 24.3 Å². The Balaban J connectivity index is 2.10. The molecule has 2 nitrogen and oxygen atoms in total. The average molecular weight is 245 g/mol. The molecule has 0 heterocycles. The molecule has 0 N–H and O–H groups in total. The molecule has 2 heteroatoms. The standard InChI is InChI=1S/C16H23NO/c1-13(14-9-10-14)17(3)11-16(2,12-18)15-7-5-4-6-8-15/h4-8,12-14H,9-11H2,1-3H3. The maximum Gasteiger partial charge on any atom is 0.131 e. The summed E-state index contributed by atoms with van der Waals surface area (Å²) in [5.74, 6) is 0.835. The van der Waals surface area contributed by atoms with Gasteiger partial charge >= 0.3 is 0 Å². The van der Waals surface area contributed by atoms with Crippen LogP contribution in [0.4, 0.5) is 0 Å². The predicted octanol–water partition coefficient (Wildman–Crippen LogP) is 2.87. The lowest BCUT2D eigenvalue weighted by Crippen LogP contribution is -2.42. The van der Waals surface area contributed by atoms with Gasteiger partial charge in [-0.25, -0.2) is 0 Å². The van der Waals surface area contributed by atoms with Crippen LogP contribution >= 0.6 is 0 Å². The number of likely N-dealkylation sites (N-methyl/N-ethyl adjacent to an activating group) is 1. The minimum Gasteiger partial charge on any atom is -0.302 e. The highest BCUT2D eigenvalue weighted by Gasteiger charge is 2.34. The van der Waals surface area contributed by atoms with E-state index in [1.165, 1.54) is 12.8 Å². The highest BCUT2D eigenvalue weighted by atomic mass is 16.1. The third-order valence-electron chi connectivity index (χ3n) is 4.27. The van der Waals surface area contributed by atoms with Crippen molar-refractivity contribution in [3.63, 3.8) is 0 Å². The first kappa shape index (κ1) is 13.3.